The molecule has 5 nitrogen and oxygen atoms in total. The fourth-order valence-corrected chi connectivity index (χ4v) is 7.35. The lowest BCUT2D eigenvalue weighted by atomic mass is 10.1. The van der Waals surface area contributed by atoms with Gasteiger partial charge in [-0.25, -0.2) is 15.0 Å². The number of rotatable bonds is 5. The van der Waals surface area contributed by atoms with Gasteiger partial charge in [-0.15, -0.1) is 0 Å². The first-order valence-electron chi connectivity index (χ1n) is 16.8. The highest BCUT2D eigenvalue weighted by Gasteiger charge is 2.21. The van der Waals surface area contributed by atoms with Crippen molar-refractivity contribution in [2.24, 2.45) is 0 Å². The van der Waals surface area contributed by atoms with Gasteiger partial charge in [-0.05, 0) is 42.5 Å². The SMILES string of the molecule is c1ccc(-c2nc(-c3ccccc3)nc(-c3cccc(-n4c5ccccc5c5c4ccc4c6ccccc6n(-c6ccccc6)c45)c3)n2)cc1. The van der Waals surface area contributed by atoms with Crippen LogP contribution >= 0.6 is 0 Å². The predicted octanol–water partition coefficient (Wildman–Crippen LogP) is 11.1. The lowest BCUT2D eigenvalue weighted by Crippen LogP contribution is -2.01. The van der Waals surface area contributed by atoms with Gasteiger partial charge in [0.1, 0.15) is 0 Å². The zero-order valence-electron chi connectivity index (χ0n) is 27.0. The maximum Gasteiger partial charge on any atom is 0.164 e. The van der Waals surface area contributed by atoms with Crippen molar-refractivity contribution in [2.75, 3.05) is 0 Å². The van der Waals surface area contributed by atoms with Crippen molar-refractivity contribution in [3.8, 4) is 45.5 Å². The summed E-state index contributed by atoms with van der Waals surface area (Å²) in [5.74, 6) is 1.92. The molecule has 10 aromatic rings. The van der Waals surface area contributed by atoms with E-state index in [4.69, 9.17) is 15.0 Å². The molecular weight excluding hydrogens is 611 g/mol. The first-order valence-corrected chi connectivity index (χ1v) is 16.8. The van der Waals surface area contributed by atoms with Crippen LogP contribution in [0.1, 0.15) is 0 Å². The number of fused-ring (bicyclic) bond motifs is 7. The Kier molecular flexibility index (Phi) is 6.42. The van der Waals surface area contributed by atoms with Crippen molar-refractivity contribution < 1.29 is 0 Å². The van der Waals surface area contributed by atoms with E-state index in [1.54, 1.807) is 0 Å². The summed E-state index contributed by atoms with van der Waals surface area (Å²) in [6, 6.07) is 61.4. The molecule has 3 aromatic heterocycles. The summed E-state index contributed by atoms with van der Waals surface area (Å²) >= 11 is 0. The summed E-state index contributed by atoms with van der Waals surface area (Å²) < 4.78 is 4.79. The molecule has 0 bridgehead atoms. The average molecular weight is 640 g/mol. The lowest BCUT2D eigenvalue weighted by molar-refractivity contribution is 1.07. The zero-order valence-corrected chi connectivity index (χ0v) is 27.0. The first kappa shape index (κ1) is 28.2. The molecule has 5 heteroatoms. The Morgan fingerprint density at radius 1 is 0.320 bits per heavy atom. The van der Waals surface area contributed by atoms with Crippen molar-refractivity contribution in [2.45, 2.75) is 0 Å². The van der Waals surface area contributed by atoms with E-state index >= 15 is 0 Å². The monoisotopic (exact) mass is 639 g/mol. The summed E-state index contributed by atoms with van der Waals surface area (Å²) in [6.45, 7) is 0. The van der Waals surface area contributed by atoms with Gasteiger partial charge in [0.05, 0.1) is 22.1 Å². The molecule has 10 rings (SSSR count). The van der Waals surface area contributed by atoms with Crippen LogP contribution in [-0.2, 0) is 0 Å². The van der Waals surface area contributed by atoms with Gasteiger partial charge in [-0.2, -0.15) is 0 Å². The van der Waals surface area contributed by atoms with E-state index < -0.39 is 0 Å². The molecule has 50 heavy (non-hydrogen) atoms. The van der Waals surface area contributed by atoms with E-state index in [1.807, 2.05) is 60.7 Å². The van der Waals surface area contributed by atoms with Crippen LogP contribution in [0.2, 0.25) is 0 Å². The summed E-state index contributed by atoms with van der Waals surface area (Å²) in [4.78, 5) is 14.9. The number of hydrogen-bond donors (Lipinski definition) is 0. The third-order valence-corrected chi connectivity index (χ3v) is 9.55. The minimum absolute atomic E-state index is 0.631. The Hall–Kier alpha value is -6.85. The van der Waals surface area contributed by atoms with Gasteiger partial charge in [0, 0.05) is 49.6 Å². The standard InChI is InChI=1S/C45H29N5/c1-4-15-30(16-5-1)43-46-44(31-17-6-2-7-18-31)48-45(47-43)32-19-14-22-34(29-32)49-39-26-13-11-24-37(39)41-40(49)28-27-36-35-23-10-12-25-38(35)50(42(36)41)33-20-8-3-9-21-33/h1-29H. The van der Waals surface area contributed by atoms with Gasteiger partial charge in [0.2, 0.25) is 0 Å². The molecule has 0 atom stereocenters. The molecule has 0 N–H and O–H groups in total. The second-order valence-electron chi connectivity index (χ2n) is 12.5. The fourth-order valence-electron chi connectivity index (χ4n) is 7.35. The van der Waals surface area contributed by atoms with E-state index in [0.717, 1.165) is 39.1 Å². The van der Waals surface area contributed by atoms with Crippen LogP contribution in [0.4, 0.5) is 0 Å². The number of para-hydroxylation sites is 3. The highest BCUT2D eigenvalue weighted by molar-refractivity contribution is 6.26. The summed E-state index contributed by atoms with van der Waals surface area (Å²) in [7, 11) is 0. The molecule has 0 aliphatic rings. The van der Waals surface area contributed by atoms with Crippen LogP contribution in [0, 0.1) is 0 Å². The quantitative estimate of drug-likeness (QED) is 0.188. The predicted molar refractivity (Wildman–Crippen MR) is 205 cm³/mol. The number of benzene rings is 7. The Labute approximate surface area is 288 Å². The van der Waals surface area contributed by atoms with Crippen molar-refractivity contribution >= 4 is 43.6 Å². The maximum absolute atomic E-state index is 5.02. The Morgan fingerprint density at radius 3 is 1.48 bits per heavy atom. The summed E-state index contributed by atoms with van der Waals surface area (Å²) in [5, 5.41) is 4.91. The van der Waals surface area contributed by atoms with E-state index in [2.05, 4.69) is 124 Å². The van der Waals surface area contributed by atoms with Crippen molar-refractivity contribution in [1.82, 2.24) is 24.1 Å². The molecule has 0 amide bonds. The lowest BCUT2D eigenvalue weighted by Gasteiger charge is -2.12. The highest BCUT2D eigenvalue weighted by atomic mass is 15.0. The van der Waals surface area contributed by atoms with Crippen molar-refractivity contribution in [3.63, 3.8) is 0 Å². The molecule has 0 aliphatic heterocycles. The third-order valence-electron chi connectivity index (χ3n) is 9.55. The molecule has 234 valence electrons. The van der Waals surface area contributed by atoms with Gasteiger partial charge >= 0.3 is 0 Å². The topological polar surface area (TPSA) is 48.5 Å². The molecule has 7 aromatic carbocycles. The largest absolute Gasteiger partial charge is 0.309 e. The average Bonchev–Trinajstić information content (AvgIpc) is 3.72. The van der Waals surface area contributed by atoms with Gasteiger partial charge in [0.25, 0.3) is 0 Å². The van der Waals surface area contributed by atoms with E-state index in [0.29, 0.717) is 17.5 Å². The van der Waals surface area contributed by atoms with Crippen LogP contribution in [0.15, 0.2) is 176 Å². The van der Waals surface area contributed by atoms with Gasteiger partial charge in [-0.1, -0.05) is 133 Å². The third kappa shape index (κ3) is 4.45. The van der Waals surface area contributed by atoms with E-state index in [9.17, 15) is 0 Å². The van der Waals surface area contributed by atoms with Crippen LogP contribution in [0.25, 0.3) is 89.2 Å². The van der Waals surface area contributed by atoms with Crippen LogP contribution < -0.4 is 0 Å². The molecule has 0 aliphatic carbocycles. The summed E-state index contributed by atoms with van der Waals surface area (Å²) in [6.07, 6.45) is 0. The van der Waals surface area contributed by atoms with Crippen molar-refractivity contribution in [1.29, 1.82) is 0 Å². The molecule has 3 heterocycles. The van der Waals surface area contributed by atoms with Crippen LogP contribution in [0.3, 0.4) is 0 Å². The normalized spacial score (nSPS) is 11.6. The fraction of sp³-hybridized carbons (Fsp3) is 0. The van der Waals surface area contributed by atoms with Crippen molar-refractivity contribution in [3.05, 3.63) is 176 Å². The molecule has 0 spiro atoms. The minimum Gasteiger partial charge on any atom is -0.309 e. The molecule has 0 fully saturated rings. The Morgan fingerprint density at radius 2 is 0.820 bits per heavy atom. The minimum atomic E-state index is 0.631. The van der Waals surface area contributed by atoms with Gasteiger partial charge < -0.3 is 9.13 Å². The van der Waals surface area contributed by atoms with Gasteiger partial charge in [-0.3, -0.25) is 0 Å². The number of hydrogen-bond acceptors (Lipinski definition) is 3. The first-order chi connectivity index (χ1) is 24.8. The van der Waals surface area contributed by atoms with Crippen LogP contribution in [-0.4, -0.2) is 24.1 Å². The van der Waals surface area contributed by atoms with Gasteiger partial charge in [0.15, 0.2) is 17.5 Å². The molecule has 0 saturated heterocycles. The molecule has 0 saturated carbocycles. The van der Waals surface area contributed by atoms with E-state index in [1.165, 1.54) is 32.6 Å². The van der Waals surface area contributed by atoms with E-state index in [-0.39, 0.29) is 0 Å². The second-order valence-corrected chi connectivity index (χ2v) is 12.5. The summed E-state index contributed by atoms with van der Waals surface area (Å²) in [5.41, 5.74) is 9.68. The maximum atomic E-state index is 5.02. The smallest absolute Gasteiger partial charge is 0.164 e. The Bertz CT molecular complexity index is 2800. The number of nitrogens with zero attached hydrogens (tertiary/aromatic N) is 5. The molecular formula is C45H29N5. The molecule has 0 radical (unpaired) electrons. The highest BCUT2D eigenvalue weighted by Crippen LogP contribution is 2.42. The Balaban J connectivity index is 1.23. The molecule has 0 unspecified atom stereocenters. The number of aromatic nitrogens is 5. The zero-order chi connectivity index (χ0) is 33.0. The second kappa shape index (κ2) is 11.4. The van der Waals surface area contributed by atoms with Crippen LogP contribution in [0.5, 0.6) is 0 Å².